The SMILES string of the molecule is N#Cc1cc(-c2cc3c4c(c2)Oc2cc(N(c5ccccc5)c5ccccc5)ccc2B4c2ccccc2O3)cc(-c2c3ccccc3c(-c3ccccc3)c3ccccc23)c1. The van der Waals surface area contributed by atoms with Gasteiger partial charge in [0.25, 0.3) is 6.71 Å². The molecule has 10 aromatic rings. The Morgan fingerprint density at radius 1 is 0.371 bits per heavy atom. The molecule has 0 bridgehead atoms. The van der Waals surface area contributed by atoms with Gasteiger partial charge in [0, 0.05) is 28.6 Å². The van der Waals surface area contributed by atoms with Crippen LogP contribution in [0.4, 0.5) is 17.1 Å². The van der Waals surface area contributed by atoms with Crippen LogP contribution in [-0.2, 0) is 0 Å². The summed E-state index contributed by atoms with van der Waals surface area (Å²) in [7, 11) is 0. The molecule has 4 nitrogen and oxygen atoms in total. The molecule has 0 aromatic heterocycles. The van der Waals surface area contributed by atoms with Crippen LogP contribution >= 0.6 is 0 Å². The summed E-state index contributed by atoms with van der Waals surface area (Å²) in [5.74, 6) is 3.10. The van der Waals surface area contributed by atoms with Gasteiger partial charge in [0.1, 0.15) is 23.0 Å². The van der Waals surface area contributed by atoms with E-state index in [-0.39, 0.29) is 6.71 Å². The van der Waals surface area contributed by atoms with Gasteiger partial charge in [-0.1, -0.05) is 140 Å². The van der Waals surface area contributed by atoms with Gasteiger partial charge >= 0.3 is 0 Å². The first-order valence-corrected chi connectivity index (χ1v) is 20.9. The summed E-state index contributed by atoms with van der Waals surface area (Å²) in [5.41, 5.74) is 13.1. The van der Waals surface area contributed by atoms with Crippen LogP contribution in [0.3, 0.4) is 0 Å². The Hall–Kier alpha value is -8.33. The van der Waals surface area contributed by atoms with Crippen LogP contribution in [0.5, 0.6) is 23.0 Å². The first-order valence-electron chi connectivity index (χ1n) is 20.9. The zero-order valence-corrected chi connectivity index (χ0v) is 33.5. The molecule has 0 fully saturated rings. The van der Waals surface area contributed by atoms with Crippen molar-refractivity contribution in [2.24, 2.45) is 0 Å². The molecule has 0 radical (unpaired) electrons. The fourth-order valence-electron chi connectivity index (χ4n) is 9.70. The predicted molar refractivity (Wildman–Crippen MR) is 255 cm³/mol. The summed E-state index contributed by atoms with van der Waals surface area (Å²) in [6.07, 6.45) is 0. The minimum Gasteiger partial charge on any atom is -0.458 e. The summed E-state index contributed by atoms with van der Waals surface area (Å²) < 4.78 is 13.8. The number of hydrogen-bond acceptors (Lipinski definition) is 4. The van der Waals surface area contributed by atoms with Crippen LogP contribution in [0.15, 0.2) is 212 Å². The molecule has 2 heterocycles. The molecule has 0 amide bonds. The highest BCUT2D eigenvalue weighted by Gasteiger charge is 2.40. The van der Waals surface area contributed by atoms with Gasteiger partial charge in [-0.2, -0.15) is 5.26 Å². The number of ether oxygens (including phenoxy) is 2. The smallest absolute Gasteiger partial charge is 0.260 e. The van der Waals surface area contributed by atoms with Gasteiger partial charge in [0.2, 0.25) is 0 Å². The second-order valence-electron chi connectivity index (χ2n) is 15.9. The second kappa shape index (κ2) is 14.4. The van der Waals surface area contributed by atoms with Gasteiger partial charge in [-0.15, -0.1) is 0 Å². The molecule has 0 atom stereocenters. The Bertz CT molecular complexity index is 3340. The van der Waals surface area contributed by atoms with E-state index in [1.807, 2.05) is 36.4 Å². The lowest BCUT2D eigenvalue weighted by molar-refractivity contribution is 0.465. The third kappa shape index (κ3) is 5.77. The molecule has 2 aliphatic rings. The second-order valence-corrected chi connectivity index (χ2v) is 15.9. The average molecular weight is 791 g/mol. The number of hydrogen-bond donors (Lipinski definition) is 0. The minimum absolute atomic E-state index is 0.0967. The third-order valence-electron chi connectivity index (χ3n) is 12.3. The van der Waals surface area contributed by atoms with Gasteiger partial charge < -0.3 is 14.4 Å². The fourth-order valence-corrected chi connectivity index (χ4v) is 9.70. The predicted octanol–water partition coefficient (Wildman–Crippen LogP) is 13.1. The number of benzene rings is 10. The topological polar surface area (TPSA) is 45.5 Å². The van der Waals surface area contributed by atoms with Crippen LogP contribution in [0.2, 0.25) is 0 Å². The highest BCUT2D eigenvalue weighted by Crippen LogP contribution is 2.46. The molecule has 0 saturated heterocycles. The van der Waals surface area contributed by atoms with Crippen LogP contribution in [-0.4, -0.2) is 6.71 Å². The van der Waals surface area contributed by atoms with Crippen molar-refractivity contribution in [3.8, 4) is 62.4 Å². The van der Waals surface area contributed by atoms with Crippen molar-refractivity contribution in [2.45, 2.75) is 0 Å². The molecular weight excluding hydrogens is 755 g/mol. The van der Waals surface area contributed by atoms with E-state index in [4.69, 9.17) is 9.47 Å². The molecule has 0 N–H and O–H groups in total. The number of para-hydroxylation sites is 3. The maximum atomic E-state index is 10.6. The summed E-state index contributed by atoms with van der Waals surface area (Å²) in [4.78, 5) is 2.26. The van der Waals surface area contributed by atoms with E-state index in [9.17, 15) is 5.26 Å². The van der Waals surface area contributed by atoms with E-state index < -0.39 is 0 Å². The number of fused-ring (bicyclic) bond motifs is 6. The highest BCUT2D eigenvalue weighted by molar-refractivity contribution is 6.98. The van der Waals surface area contributed by atoms with Gasteiger partial charge in [-0.3, -0.25) is 0 Å². The van der Waals surface area contributed by atoms with Crippen LogP contribution in [0.1, 0.15) is 5.56 Å². The van der Waals surface area contributed by atoms with Crippen molar-refractivity contribution in [2.75, 3.05) is 4.90 Å². The van der Waals surface area contributed by atoms with Crippen LogP contribution < -0.4 is 30.8 Å². The van der Waals surface area contributed by atoms with Crippen molar-refractivity contribution < 1.29 is 9.47 Å². The van der Waals surface area contributed by atoms with Crippen molar-refractivity contribution in [3.63, 3.8) is 0 Å². The molecule has 5 heteroatoms. The first kappa shape index (κ1) is 35.6. The average Bonchev–Trinajstić information content (AvgIpc) is 3.33. The molecule has 0 spiro atoms. The van der Waals surface area contributed by atoms with Crippen molar-refractivity contribution in [1.29, 1.82) is 5.26 Å². The molecule has 288 valence electrons. The van der Waals surface area contributed by atoms with E-state index in [0.717, 1.165) is 100 Å². The van der Waals surface area contributed by atoms with Gasteiger partial charge in [-0.25, -0.2) is 0 Å². The Morgan fingerprint density at radius 2 is 0.855 bits per heavy atom. The van der Waals surface area contributed by atoms with E-state index >= 15 is 0 Å². The van der Waals surface area contributed by atoms with Crippen molar-refractivity contribution >= 4 is 61.7 Å². The van der Waals surface area contributed by atoms with Gasteiger partial charge in [0.15, 0.2) is 0 Å². The number of rotatable bonds is 6. The number of nitriles is 1. The standard InChI is InChI=1S/C57H35BN2O2/c59-36-37-30-39(32-41(31-37)56-47-24-12-10-22-45(47)55(38-16-4-1-5-17-38)46-23-11-13-25-48(46)56)40-33-53-57-54(34-40)62-52-35-44(28-29-50(52)58(57)49-26-14-15-27-51(49)61-53)60(42-18-6-2-7-19-42)43-20-8-3-9-21-43/h1-35H. The molecular formula is C57H35BN2O2. The van der Waals surface area contributed by atoms with Crippen molar-refractivity contribution in [1.82, 2.24) is 0 Å². The molecule has 12 rings (SSSR count). The van der Waals surface area contributed by atoms with Gasteiger partial charge in [-0.05, 0) is 133 Å². The van der Waals surface area contributed by atoms with Crippen molar-refractivity contribution in [3.05, 3.63) is 218 Å². The lowest BCUT2D eigenvalue weighted by Gasteiger charge is -2.34. The number of nitrogens with zero attached hydrogens (tertiary/aromatic N) is 2. The van der Waals surface area contributed by atoms with E-state index in [0.29, 0.717) is 5.56 Å². The first-order chi connectivity index (χ1) is 30.7. The zero-order chi connectivity index (χ0) is 41.1. The largest absolute Gasteiger partial charge is 0.458 e. The number of anilines is 3. The Labute approximate surface area is 360 Å². The minimum atomic E-state index is -0.0967. The Kier molecular flexibility index (Phi) is 8.30. The fraction of sp³-hybridized carbons (Fsp3) is 0. The van der Waals surface area contributed by atoms with E-state index in [1.165, 1.54) is 11.1 Å². The van der Waals surface area contributed by atoms with Crippen LogP contribution in [0, 0.1) is 11.3 Å². The third-order valence-corrected chi connectivity index (χ3v) is 12.3. The quantitative estimate of drug-likeness (QED) is 0.124. The maximum Gasteiger partial charge on any atom is 0.260 e. The molecule has 10 aromatic carbocycles. The van der Waals surface area contributed by atoms with E-state index in [2.05, 4.69) is 187 Å². The molecule has 0 aliphatic carbocycles. The normalized spacial score (nSPS) is 12.1. The maximum absolute atomic E-state index is 10.6. The Balaban J connectivity index is 1.04. The van der Waals surface area contributed by atoms with Gasteiger partial charge in [0.05, 0.1) is 11.6 Å². The lowest BCUT2D eigenvalue weighted by atomic mass is 9.35. The summed E-state index contributed by atoms with van der Waals surface area (Å²) >= 11 is 0. The molecule has 0 unspecified atom stereocenters. The molecule has 62 heavy (non-hydrogen) atoms. The monoisotopic (exact) mass is 790 g/mol. The van der Waals surface area contributed by atoms with E-state index in [1.54, 1.807) is 0 Å². The molecule has 2 aliphatic heterocycles. The lowest BCUT2D eigenvalue weighted by Crippen LogP contribution is -2.57. The molecule has 0 saturated carbocycles. The summed E-state index contributed by atoms with van der Waals surface area (Å²) in [6.45, 7) is -0.0967. The summed E-state index contributed by atoms with van der Waals surface area (Å²) in [6, 6.07) is 76.5. The highest BCUT2D eigenvalue weighted by atomic mass is 16.5. The van der Waals surface area contributed by atoms with Crippen LogP contribution in [0.25, 0.3) is 54.9 Å². The Morgan fingerprint density at radius 3 is 1.47 bits per heavy atom. The summed E-state index contributed by atoms with van der Waals surface area (Å²) in [5, 5.41) is 15.2. The zero-order valence-electron chi connectivity index (χ0n) is 33.5.